The summed E-state index contributed by atoms with van der Waals surface area (Å²) in [5.41, 5.74) is 0.733. The lowest BCUT2D eigenvalue weighted by atomic mass is 10.2. The van der Waals surface area contributed by atoms with Crippen molar-refractivity contribution in [2.75, 3.05) is 20.7 Å². The maximum atomic E-state index is 12.2. The van der Waals surface area contributed by atoms with Gasteiger partial charge in [0.05, 0.1) is 19.6 Å². The molecule has 0 heterocycles. The molecule has 0 radical (unpaired) electrons. The van der Waals surface area contributed by atoms with Gasteiger partial charge in [-0.2, -0.15) is 4.31 Å². The van der Waals surface area contributed by atoms with Crippen molar-refractivity contribution in [3.63, 3.8) is 0 Å². The molecular formula is C11H14NO5S-. The molecule has 0 N–H and O–H groups in total. The molecule has 18 heavy (non-hydrogen) atoms. The van der Waals surface area contributed by atoms with Crippen LogP contribution in [0.4, 0.5) is 0 Å². The highest BCUT2D eigenvalue weighted by Crippen LogP contribution is 2.26. The second-order valence-electron chi connectivity index (χ2n) is 3.79. The van der Waals surface area contributed by atoms with Crippen molar-refractivity contribution >= 4 is 16.0 Å². The topological polar surface area (TPSA) is 86.7 Å². The van der Waals surface area contributed by atoms with Gasteiger partial charge in [0, 0.05) is 7.05 Å². The minimum Gasteiger partial charge on any atom is -0.549 e. The Balaban J connectivity index is 3.27. The van der Waals surface area contributed by atoms with Crippen LogP contribution in [0.1, 0.15) is 5.56 Å². The summed E-state index contributed by atoms with van der Waals surface area (Å²) in [5, 5.41) is 10.5. The maximum Gasteiger partial charge on any atom is 0.246 e. The van der Waals surface area contributed by atoms with E-state index in [-0.39, 0.29) is 10.6 Å². The summed E-state index contributed by atoms with van der Waals surface area (Å²) in [6, 6.07) is 4.66. The zero-order valence-corrected chi connectivity index (χ0v) is 11.2. The highest BCUT2D eigenvalue weighted by atomic mass is 32.2. The van der Waals surface area contributed by atoms with Gasteiger partial charge in [0.2, 0.25) is 10.0 Å². The average Bonchev–Trinajstić information content (AvgIpc) is 2.28. The molecule has 7 heteroatoms. The molecule has 0 saturated carbocycles. The first-order valence-corrected chi connectivity index (χ1v) is 6.54. The summed E-state index contributed by atoms with van der Waals surface area (Å²) in [6.07, 6.45) is 0. The van der Waals surface area contributed by atoms with Gasteiger partial charge in [-0.1, -0.05) is 6.07 Å². The molecule has 0 fully saturated rings. The van der Waals surface area contributed by atoms with Gasteiger partial charge >= 0.3 is 0 Å². The molecular weight excluding hydrogens is 258 g/mol. The van der Waals surface area contributed by atoms with Gasteiger partial charge in [0.1, 0.15) is 10.6 Å². The molecule has 0 unspecified atom stereocenters. The van der Waals surface area contributed by atoms with Crippen molar-refractivity contribution in [1.29, 1.82) is 0 Å². The third kappa shape index (κ3) is 2.99. The van der Waals surface area contributed by atoms with E-state index < -0.39 is 22.5 Å². The minimum atomic E-state index is -3.91. The SMILES string of the molecule is COc1ccc(C)cc1S(=O)(=O)N(C)CC(=O)[O-]. The third-order valence-electron chi connectivity index (χ3n) is 2.36. The van der Waals surface area contributed by atoms with Crippen LogP contribution < -0.4 is 9.84 Å². The molecule has 0 atom stereocenters. The molecule has 1 aromatic rings. The van der Waals surface area contributed by atoms with Crippen molar-refractivity contribution in [3.05, 3.63) is 23.8 Å². The van der Waals surface area contributed by atoms with Gasteiger partial charge in [-0.3, -0.25) is 0 Å². The number of aryl methyl sites for hydroxylation is 1. The fraction of sp³-hybridized carbons (Fsp3) is 0.364. The summed E-state index contributed by atoms with van der Waals surface area (Å²) in [7, 11) is -1.39. The third-order valence-corrected chi connectivity index (χ3v) is 4.18. The predicted octanol–water partition coefficient (Wildman–Crippen LogP) is -0.626. The Hall–Kier alpha value is -1.60. The summed E-state index contributed by atoms with van der Waals surface area (Å²) in [4.78, 5) is 10.4. The Morgan fingerprint density at radius 1 is 1.44 bits per heavy atom. The van der Waals surface area contributed by atoms with Crippen LogP contribution in [0, 0.1) is 6.92 Å². The van der Waals surface area contributed by atoms with Crippen LogP contribution in [0.2, 0.25) is 0 Å². The standard InChI is InChI=1S/C11H15NO5S/c1-8-4-5-9(17-3)10(6-8)18(15,16)12(2)7-11(13)14/h4-6H,7H2,1-3H3,(H,13,14)/p-1. The van der Waals surface area contributed by atoms with E-state index >= 15 is 0 Å². The van der Waals surface area contributed by atoms with Crippen LogP contribution >= 0.6 is 0 Å². The number of carbonyl (C=O) groups excluding carboxylic acids is 1. The van der Waals surface area contributed by atoms with Crippen LogP contribution in [0.15, 0.2) is 23.1 Å². The zero-order valence-electron chi connectivity index (χ0n) is 10.3. The Labute approximate surface area is 106 Å². The van der Waals surface area contributed by atoms with Crippen LogP contribution in [-0.4, -0.2) is 39.4 Å². The molecule has 0 aliphatic rings. The normalized spacial score (nSPS) is 11.6. The fourth-order valence-electron chi connectivity index (χ4n) is 1.42. The van der Waals surface area contributed by atoms with E-state index in [4.69, 9.17) is 4.74 Å². The molecule has 1 aromatic carbocycles. The van der Waals surface area contributed by atoms with Crippen molar-refractivity contribution in [1.82, 2.24) is 4.31 Å². The molecule has 0 aliphatic carbocycles. The molecule has 0 spiro atoms. The number of carboxylic acid groups (broad SMARTS) is 1. The second kappa shape index (κ2) is 5.36. The number of rotatable bonds is 5. The number of likely N-dealkylation sites (N-methyl/N-ethyl adjacent to an activating group) is 1. The van der Waals surface area contributed by atoms with Crippen molar-refractivity contribution in [3.8, 4) is 5.75 Å². The number of ether oxygens (including phenoxy) is 1. The van der Waals surface area contributed by atoms with E-state index in [1.54, 1.807) is 13.0 Å². The molecule has 0 aromatic heterocycles. The van der Waals surface area contributed by atoms with E-state index in [9.17, 15) is 18.3 Å². The summed E-state index contributed by atoms with van der Waals surface area (Å²) in [5.74, 6) is -1.29. The lowest BCUT2D eigenvalue weighted by Gasteiger charge is -2.19. The lowest BCUT2D eigenvalue weighted by Crippen LogP contribution is -2.39. The highest BCUT2D eigenvalue weighted by Gasteiger charge is 2.24. The predicted molar refractivity (Wildman–Crippen MR) is 62.6 cm³/mol. The van der Waals surface area contributed by atoms with E-state index in [0.717, 1.165) is 5.56 Å². The molecule has 0 aliphatic heterocycles. The number of carbonyl (C=O) groups is 1. The molecule has 0 saturated heterocycles. The number of hydrogen-bond acceptors (Lipinski definition) is 5. The number of hydrogen-bond donors (Lipinski definition) is 0. The average molecular weight is 272 g/mol. The largest absolute Gasteiger partial charge is 0.549 e. The first kappa shape index (κ1) is 14.5. The van der Waals surface area contributed by atoms with Crippen LogP contribution in [0.3, 0.4) is 0 Å². The van der Waals surface area contributed by atoms with Crippen LogP contribution in [0.25, 0.3) is 0 Å². The van der Waals surface area contributed by atoms with Gasteiger partial charge in [-0.15, -0.1) is 0 Å². The lowest BCUT2D eigenvalue weighted by molar-refractivity contribution is -0.305. The quantitative estimate of drug-likeness (QED) is 0.712. The summed E-state index contributed by atoms with van der Waals surface area (Å²) >= 11 is 0. The van der Waals surface area contributed by atoms with Gasteiger partial charge in [0.25, 0.3) is 0 Å². The molecule has 1 rings (SSSR count). The second-order valence-corrected chi connectivity index (χ2v) is 5.80. The Bertz CT molecular complexity index is 553. The molecule has 100 valence electrons. The smallest absolute Gasteiger partial charge is 0.246 e. The summed E-state index contributed by atoms with van der Waals surface area (Å²) in [6.45, 7) is 1.02. The maximum absolute atomic E-state index is 12.2. The van der Waals surface area contributed by atoms with Gasteiger partial charge < -0.3 is 14.6 Å². The number of methoxy groups -OCH3 is 1. The Morgan fingerprint density at radius 2 is 2.06 bits per heavy atom. The van der Waals surface area contributed by atoms with Gasteiger partial charge in [-0.25, -0.2) is 8.42 Å². The van der Waals surface area contributed by atoms with Crippen LogP contribution in [0.5, 0.6) is 5.75 Å². The van der Waals surface area contributed by atoms with Crippen molar-refractivity contribution in [2.24, 2.45) is 0 Å². The fourth-order valence-corrected chi connectivity index (χ4v) is 2.77. The number of carboxylic acids is 1. The number of benzene rings is 1. The van der Waals surface area contributed by atoms with E-state index in [2.05, 4.69) is 0 Å². The van der Waals surface area contributed by atoms with E-state index in [1.165, 1.54) is 26.3 Å². The Morgan fingerprint density at radius 3 is 2.56 bits per heavy atom. The number of aliphatic carboxylic acids is 1. The van der Waals surface area contributed by atoms with E-state index in [0.29, 0.717) is 4.31 Å². The first-order chi connectivity index (χ1) is 8.28. The first-order valence-electron chi connectivity index (χ1n) is 5.10. The molecule has 0 bridgehead atoms. The highest BCUT2D eigenvalue weighted by molar-refractivity contribution is 7.89. The minimum absolute atomic E-state index is 0.0613. The number of nitrogens with zero attached hydrogens (tertiary/aromatic N) is 1. The monoisotopic (exact) mass is 272 g/mol. The molecule has 0 amide bonds. The van der Waals surface area contributed by atoms with Gasteiger partial charge in [0.15, 0.2) is 0 Å². The number of sulfonamides is 1. The van der Waals surface area contributed by atoms with E-state index in [1.807, 2.05) is 0 Å². The van der Waals surface area contributed by atoms with Crippen molar-refractivity contribution < 1.29 is 23.1 Å². The van der Waals surface area contributed by atoms with Crippen molar-refractivity contribution in [2.45, 2.75) is 11.8 Å². The van der Waals surface area contributed by atoms with Gasteiger partial charge in [-0.05, 0) is 24.6 Å². The molecule has 6 nitrogen and oxygen atoms in total. The summed E-state index contributed by atoms with van der Waals surface area (Å²) < 4.78 is 30.0. The van der Waals surface area contributed by atoms with Crippen LogP contribution in [-0.2, 0) is 14.8 Å². The Kier molecular flexibility index (Phi) is 4.31. The zero-order chi connectivity index (χ0) is 13.9.